The Morgan fingerprint density at radius 1 is 0.762 bits per heavy atom. The molecule has 2 aromatic carbocycles. The first-order valence-electron chi connectivity index (χ1n) is 6.88. The van der Waals surface area contributed by atoms with E-state index in [9.17, 15) is 4.79 Å². The summed E-state index contributed by atoms with van der Waals surface area (Å²) < 4.78 is 1.82. The molecule has 0 radical (unpaired) electrons. The maximum absolute atomic E-state index is 12.9. The lowest BCUT2D eigenvalue weighted by Gasteiger charge is -2.04. The van der Waals surface area contributed by atoms with Crippen molar-refractivity contribution in [3.05, 3.63) is 71.1 Å². The molecule has 0 aliphatic rings. The van der Waals surface area contributed by atoms with E-state index in [1.54, 1.807) is 6.20 Å². The van der Waals surface area contributed by atoms with Gasteiger partial charge in [0, 0.05) is 22.4 Å². The van der Waals surface area contributed by atoms with Crippen molar-refractivity contribution in [3.8, 4) is 0 Å². The van der Waals surface area contributed by atoms with Gasteiger partial charge < -0.3 is 0 Å². The molecular formula is C18H10N2O. The maximum Gasteiger partial charge on any atom is 0.265 e. The molecule has 3 heteroatoms. The molecule has 3 aromatic heterocycles. The first-order chi connectivity index (χ1) is 10.4. The molecule has 5 aromatic rings. The fraction of sp³-hybridized carbons (Fsp3) is 0. The van der Waals surface area contributed by atoms with Crippen molar-refractivity contribution in [1.82, 2.24) is 9.38 Å². The maximum atomic E-state index is 12.9. The number of pyridine rings is 2. The monoisotopic (exact) mass is 270 g/mol. The molecule has 5 rings (SSSR count). The predicted molar refractivity (Wildman–Crippen MR) is 85.2 cm³/mol. The third-order valence-electron chi connectivity index (χ3n) is 4.19. The Labute approximate surface area is 119 Å². The second-order valence-electron chi connectivity index (χ2n) is 5.26. The summed E-state index contributed by atoms with van der Waals surface area (Å²) in [5, 5.41) is 3.90. The molecule has 98 valence electrons. The molecule has 0 unspecified atom stereocenters. The summed E-state index contributed by atoms with van der Waals surface area (Å²) >= 11 is 0. The van der Waals surface area contributed by atoms with Crippen LogP contribution >= 0.6 is 0 Å². The fourth-order valence-electron chi connectivity index (χ4n) is 3.33. The number of aromatic nitrogens is 2. The molecule has 0 bridgehead atoms. The Balaban J connectivity index is 2.33. The second kappa shape index (κ2) is 3.58. The zero-order chi connectivity index (χ0) is 14.0. The van der Waals surface area contributed by atoms with Gasteiger partial charge in [0.2, 0.25) is 0 Å². The summed E-state index contributed by atoms with van der Waals surface area (Å²) in [6.45, 7) is 0. The van der Waals surface area contributed by atoms with Crippen LogP contribution in [0.5, 0.6) is 0 Å². The van der Waals surface area contributed by atoms with Gasteiger partial charge in [0.1, 0.15) is 0 Å². The smallest absolute Gasteiger partial charge is 0.265 e. The van der Waals surface area contributed by atoms with Crippen molar-refractivity contribution < 1.29 is 0 Å². The average Bonchev–Trinajstić information content (AvgIpc) is 2.89. The van der Waals surface area contributed by atoms with Crippen molar-refractivity contribution in [2.75, 3.05) is 0 Å². The Morgan fingerprint density at radius 2 is 1.52 bits per heavy atom. The lowest BCUT2D eigenvalue weighted by atomic mass is 10.1. The highest BCUT2D eigenvalue weighted by atomic mass is 16.1. The van der Waals surface area contributed by atoms with Crippen LogP contribution in [0.15, 0.2) is 65.6 Å². The largest absolute Gasteiger partial charge is 0.275 e. The van der Waals surface area contributed by atoms with Crippen molar-refractivity contribution >= 4 is 38.1 Å². The normalized spacial score (nSPS) is 12.0. The summed E-state index contributed by atoms with van der Waals surface area (Å²) in [6.07, 6.45) is 1.74. The molecule has 0 aliphatic heterocycles. The van der Waals surface area contributed by atoms with E-state index >= 15 is 0 Å². The minimum absolute atomic E-state index is 0.00278. The highest BCUT2D eigenvalue weighted by molar-refractivity contribution is 6.19. The molecule has 0 N–H and O–H groups in total. The molecule has 0 spiro atoms. The zero-order valence-electron chi connectivity index (χ0n) is 11.1. The summed E-state index contributed by atoms with van der Waals surface area (Å²) in [5.74, 6) is 0. The van der Waals surface area contributed by atoms with E-state index < -0.39 is 0 Å². The van der Waals surface area contributed by atoms with E-state index in [0.29, 0.717) is 5.39 Å². The number of hydrogen-bond acceptors (Lipinski definition) is 2. The quantitative estimate of drug-likeness (QED) is 0.403. The van der Waals surface area contributed by atoms with Crippen molar-refractivity contribution in [2.45, 2.75) is 0 Å². The molecule has 0 aliphatic carbocycles. The predicted octanol–water partition coefficient (Wildman–Crippen LogP) is 3.59. The first kappa shape index (κ1) is 10.8. The van der Waals surface area contributed by atoms with Gasteiger partial charge in [-0.25, -0.2) is 0 Å². The first-order valence-corrected chi connectivity index (χ1v) is 6.88. The molecule has 0 fully saturated rings. The molecule has 21 heavy (non-hydrogen) atoms. The van der Waals surface area contributed by atoms with Crippen molar-refractivity contribution in [1.29, 1.82) is 0 Å². The number of rotatable bonds is 0. The van der Waals surface area contributed by atoms with Gasteiger partial charge in [-0.05, 0) is 18.2 Å². The van der Waals surface area contributed by atoms with Crippen LogP contribution in [0.25, 0.3) is 38.1 Å². The van der Waals surface area contributed by atoms with Crippen LogP contribution in [-0.2, 0) is 0 Å². The Hall–Kier alpha value is -2.94. The number of nitrogens with zero attached hydrogens (tertiary/aromatic N) is 2. The standard InChI is InChI=1S/C18H10N2O/c21-18-14-8-4-10-19-16(14)13-7-3-6-12-11-5-1-2-9-15(11)20(18)17(12)13/h1-10H. The number of hydrogen-bond donors (Lipinski definition) is 0. The van der Waals surface area contributed by atoms with E-state index in [1.807, 2.05) is 46.9 Å². The van der Waals surface area contributed by atoms with Gasteiger partial charge >= 0.3 is 0 Å². The van der Waals surface area contributed by atoms with Gasteiger partial charge in [0.25, 0.3) is 5.56 Å². The van der Waals surface area contributed by atoms with Crippen molar-refractivity contribution in [2.24, 2.45) is 0 Å². The highest BCUT2D eigenvalue weighted by Gasteiger charge is 2.16. The molecule has 0 amide bonds. The lowest BCUT2D eigenvalue weighted by molar-refractivity contribution is 1.20. The Bertz CT molecular complexity index is 1200. The summed E-state index contributed by atoms with van der Waals surface area (Å²) in [7, 11) is 0. The van der Waals surface area contributed by atoms with Crippen LogP contribution in [0.4, 0.5) is 0 Å². The zero-order valence-corrected chi connectivity index (χ0v) is 11.1. The van der Waals surface area contributed by atoms with Crippen LogP contribution in [0, 0.1) is 0 Å². The van der Waals surface area contributed by atoms with E-state index in [2.05, 4.69) is 17.1 Å². The van der Waals surface area contributed by atoms with E-state index in [0.717, 1.165) is 32.7 Å². The van der Waals surface area contributed by atoms with Crippen LogP contribution in [0.2, 0.25) is 0 Å². The highest BCUT2D eigenvalue weighted by Crippen LogP contribution is 2.32. The SMILES string of the molecule is O=c1c2cccnc2c2cccc3c4ccccc4n1c32. The van der Waals surface area contributed by atoms with Crippen LogP contribution in [0.3, 0.4) is 0 Å². The lowest BCUT2D eigenvalue weighted by Crippen LogP contribution is -2.13. The van der Waals surface area contributed by atoms with Gasteiger partial charge in [-0.2, -0.15) is 0 Å². The van der Waals surface area contributed by atoms with Gasteiger partial charge in [0.15, 0.2) is 0 Å². The fourth-order valence-corrected chi connectivity index (χ4v) is 3.33. The summed E-state index contributed by atoms with van der Waals surface area (Å²) in [5.41, 5.74) is 2.71. The summed E-state index contributed by atoms with van der Waals surface area (Å²) in [4.78, 5) is 17.3. The van der Waals surface area contributed by atoms with E-state index in [4.69, 9.17) is 0 Å². The number of benzene rings is 2. The van der Waals surface area contributed by atoms with Gasteiger partial charge in [-0.15, -0.1) is 0 Å². The molecule has 0 saturated carbocycles. The molecule has 3 heterocycles. The van der Waals surface area contributed by atoms with E-state index in [-0.39, 0.29) is 5.56 Å². The topological polar surface area (TPSA) is 34.4 Å². The number of para-hydroxylation sites is 2. The number of fused-ring (bicyclic) bond motifs is 5. The van der Waals surface area contributed by atoms with Crippen molar-refractivity contribution in [3.63, 3.8) is 0 Å². The van der Waals surface area contributed by atoms with Crippen LogP contribution in [-0.4, -0.2) is 9.38 Å². The Morgan fingerprint density at radius 3 is 2.48 bits per heavy atom. The molecule has 3 nitrogen and oxygen atoms in total. The third kappa shape index (κ3) is 1.19. The van der Waals surface area contributed by atoms with E-state index in [1.165, 1.54) is 0 Å². The molecule has 0 atom stereocenters. The second-order valence-corrected chi connectivity index (χ2v) is 5.26. The van der Waals surface area contributed by atoms with Gasteiger partial charge in [-0.1, -0.05) is 36.4 Å². The average molecular weight is 270 g/mol. The van der Waals surface area contributed by atoms with Crippen LogP contribution < -0.4 is 5.56 Å². The van der Waals surface area contributed by atoms with Gasteiger partial charge in [-0.3, -0.25) is 14.2 Å². The molecule has 0 saturated heterocycles. The van der Waals surface area contributed by atoms with Gasteiger partial charge in [0.05, 0.1) is 21.9 Å². The Kier molecular flexibility index (Phi) is 1.84. The minimum Gasteiger partial charge on any atom is -0.275 e. The summed E-state index contributed by atoms with van der Waals surface area (Å²) in [6, 6.07) is 17.8. The van der Waals surface area contributed by atoms with Crippen LogP contribution in [0.1, 0.15) is 0 Å². The molecular weight excluding hydrogens is 260 g/mol. The third-order valence-corrected chi connectivity index (χ3v) is 4.19. The minimum atomic E-state index is 0.00278.